The third kappa shape index (κ3) is 5.16. The van der Waals surface area contributed by atoms with E-state index in [4.69, 9.17) is 9.15 Å². The minimum absolute atomic E-state index is 0.00339. The van der Waals surface area contributed by atoms with Gasteiger partial charge in [0.05, 0.1) is 36.0 Å². The predicted molar refractivity (Wildman–Crippen MR) is 88.7 cm³/mol. The Hall–Kier alpha value is -2.65. The largest absolute Gasteiger partial charge is 0.467 e. The van der Waals surface area contributed by atoms with E-state index >= 15 is 0 Å². The van der Waals surface area contributed by atoms with Crippen LogP contribution < -0.4 is 10.6 Å². The van der Waals surface area contributed by atoms with Crippen LogP contribution in [0.4, 0.5) is 5.69 Å². The summed E-state index contributed by atoms with van der Waals surface area (Å²) in [4.78, 5) is 23.7. The van der Waals surface area contributed by atoms with E-state index < -0.39 is 17.9 Å². The molecule has 0 saturated carbocycles. The molecule has 0 aliphatic rings. The number of nitrogens with zero attached hydrogens (tertiary/aromatic N) is 2. The maximum atomic E-state index is 11.9. The van der Waals surface area contributed by atoms with Gasteiger partial charge in [0.15, 0.2) is 0 Å². The second-order valence-electron chi connectivity index (χ2n) is 5.58. The average molecular weight is 350 g/mol. The van der Waals surface area contributed by atoms with Gasteiger partial charge >= 0.3 is 11.8 Å². The molecule has 0 bridgehead atoms. The molecule has 1 unspecified atom stereocenters. The number of hydrogen-bond donors (Lipinski definition) is 3. The monoisotopic (exact) mass is 350 g/mol. The van der Waals surface area contributed by atoms with Crippen LogP contribution in [0.2, 0.25) is 0 Å². The first-order chi connectivity index (χ1) is 11.9. The van der Waals surface area contributed by atoms with Crippen LogP contribution >= 0.6 is 0 Å². The Kier molecular flexibility index (Phi) is 6.31. The third-order valence-electron chi connectivity index (χ3n) is 3.59. The molecule has 2 aromatic rings. The summed E-state index contributed by atoms with van der Waals surface area (Å²) in [6.07, 6.45) is 0.591. The lowest BCUT2D eigenvalue weighted by Gasteiger charge is -2.12. The molecule has 3 N–H and O–H groups in total. The lowest BCUT2D eigenvalue weighted by atomic mass is 10.3. The number of carbonyl (C=O) groups is 2. The molecule has 2 aromatic heterocycles. The molecule has 0 saturated heterocycles. The molecule has 0 fully saturated rings. The van der Waals surface area contributed by atoms with Crippen LogP contribution in [0.25, 0.3) is 0 Å². The van der Waals surface area contributed by atoms with Crippen molar-refractivity contribution in [2.45, 2.75) is 26.6 Å². The van der Waals surface area contributed by atoms with E-state index in [1.54, 1.807) is 37.7 Å². The standard InChI is InChI=1S/C16H22N4O5/c1-10-14(11(2)20(3)19-10)18-16(23)15(22)17-7-12(21)8-24-9-13-5-4-6-25-13/h4-6,12,21H,7-9H2,1-3H3,(H,17,22)(H,18,23). The van der Waals surface area contributed by atoms with Gasteiger partial charge in [0.1, 0.15) is 12.4 Å². The van der Waals surface area contributed by atoms with Gasteiger partial charge in [-0.05, 0) is 26.0 Å². The Morgan fingerprint density at radius 1 is 1.40 bits per heavy atom. The maximum Gasteiger partial charge on any atom is 0.313 e. The fourth-order valence-corrected chi connectivity index (χ4v) is 2.16. The van der Waals surface area contributed by atoms with E-state index in [0.717, 1.165) is 5.69 Å². The summed E-state index contributed by atoms with van der Waals surface area (Å²) >= 11 is 0. The van der Waals surface area contributed by atoms with Crippen molar-refractivity contribution in [3.63, 3.8) is 0 Å². The Labute approximate surface area is 145 Å². The number of aryl methyl sites for hydroxylation is 2. The molecule has 2 heterocycles. The highest BCUT2D eigenvalue weighted by Crippen LogP contribution is 2.17. The Balaban J connectivity index is 1.72. The van der Waals surface area contributed by atoms with Gasteiger partial charge < -0.3 is 24.9 Å². The number of carbonyl (C=O) groups excluding carboxylic acids is 2. The number of furan rings is 1. The average Bonchev–Trinajstić information content (AvgIpc) is 3.16. The van der Waals surface area contributed by atoms with E-state index in [1.165, 1.54) is 6.26 Å². The molecule has 0 aromatic carbocycles. The van der Waals surface area contributed by atoms with Gasteiger partial charge in [-0.3, -0.25) is 14.3 Å². The van der Waals surface area contributed by atoms with Crippen molar-refractivity contribution in [2.24, 2.45) is 7.05 Å². The molecule has 1 atom stereocenters. The van der Waals surface area contributed by atoms with Crippen molar-refractivity contribution in [1.29, 1.82) is 0 Å². The van der Waals surface area contributed by atoms with Crippen LogP contribution in [-0.4, -0.2) is 46.0 Å². The Morgan fingerprint density at radius 2 is 2.16 bits per heavy atom. The SMILES string of the molecule is Cc1nn(C)c(C)c1NC(=O)C(=O)NCC(O)COCc1ccco1. The van der Waals surface area contributed by atoms with E-state index in [0.29, 0.717) is 17.1 Å². The summed E-state index contributed by atoms with van der Waals surface area (Å²) < 4.78 is 12.0. The van der Waals surface area contributed by atoms with Crippen LogP contribution in [0.5, 0.6) is 0 Å². The fourth-order valence-electron chi connectivity index (χ4n) is 2.16. The number of rotatable bonds is 7. The zero-order valence-corrected chi connectivity index (χ0v) is 14.4. The quantitative estimate of drug-likeness (QED) is 0.617. The highest BCUT2D eigenvalue weighted by molar-refractivity contribution is 6.39. The molecule has 2 amide bonds. The molecule has 25 heavy (non-hydrogen) atoms. The normalized spacial score (nSPS) is 12.0. The summed E-state index contributed by atoms with van der Waals surface area (Å²) in [6, 6.07) is 3.49. The van der Waals surface area contributed by atoms with Gasteiger partial charge in [-0.1, -0.05) is 0 Å². The van der Waals surface area contributed by atoms with Crippen LogP contribution in [-0.2, 0) is 28.0 Å². The third-order valence-corrected chi connectivity index (χ3v) is 3.59. The molecular formula is C16H22N4O5. The number of nitrogens with one attached hydrogen (secondary N) is 2. The topological polar surface area (TPSA) is 119 Å². The molecular weight excluding hydrogens is 328 g/mol. The number of anilines is 1. The number of aromatic nitrogens is 2. The van der Waals surface area contributed by atoms with Gasteiger partial charge in [-0.25, -0.2) is 0 Å². The first kappa shape index (κ1) is 18.7. The lowest BCUT2D eigenvalue weighted by Crippen LogP contribution is -2.40. The highest BCUT2D eigenvalue weighted by atomic mass is 16.5. The first-order valence-electron chi connectivity index (χ1n) is 7.76. The Bertz CT molecular complexity index is 723. The van der Waals surface area contributed by atoms with Gasteiger partial charge in [-0.2, -0.15) is 5.10 Å². The second-order valence-corrected chi connectivity index (χ2v) is 5.58. The molecule has 0 radical (unpaired) electrons. The number of hydrogen-bond acceptors (Lipinski definition) is 6. The molecule has 0 aliphatic carbocycles. The fraction of sp³-hybridized carbons (Fsp3) is 0.438. The molecule has 0 aliphatic heterocycles. The zero-order chi connectivity index (χ0) is 18.4. The van der Waals surface area contributed by atoms with Crippen molar-refractivity contribution in [3.05, 3.63) is 35.5 Å². The van der Waals surface area contributed by atoms with Crippen molar-refractivity contribution < 1.29 is 23.8 Å². The van der Waals surface area contributed by atoms with E-state index in [9.17, 15) is 14.7 Å². The summed E-state index contributed by atoms with van der Waals surface area (Å²) in [5, 5.41) is 18.8. The van der Waals surface area contributed by atoms with Gasteiger partial charge in [-0.15, -0.1) is 0 Å². The van der Waals surface area contributed by atoms with Gasteiger partial charge in [0, 0.05) is 13.6 Å². The smallest absolute Gasteiger partial charge is 0.313 e. The van der Waals surface area contributed by atoms with Crippen LogP contribution in [0, 0.1) is 13.8 Å². The number of amides is 2. The number of aliphatic hydroxyl groups excluding tert-OH is 1. The van der Waals surface area contributed by atoms with Crippen molar-refractivity contribution in [1.82, 2.24) is 15.1 Å². The summed E-state index contributed by atoms with van der Waals surface area (Å²) in [5.74, 6) is -1.02. The van der Waals surface area contributed by atoms with Crippen LogP contribution in [0.15, 0.2) is 22.8 Å². The molecule has 9 nitrogen and oxygen atoms in total. The minimum Gasteiger partial charge on any atom is -0.467 e. The van der Waals surface area contributed by atoms with Gasteiger partial charge in [0.25, 0.3) is 0 Å². The molecule has 136 valence electrons. The predicted octanol–water partition coefficient (Wildman–Crippen LogP) is 0.262. The highest BCUT2D eigenvalue weighted by Gasteiger charge is 2.19. The maximum absolute atomic E-state index is 11.9. The number of ether oxygens (including phenoxy) is 1. The molecule has 2 rings (SSSR count). The zero-order valence-electron chi connectivity index (χ0n) is 14.4. The Morgan fingerprint density at radius 3 is 2.76 bits per heavy atom. The van der Waals surface area contributed by atoms with E-state index in [-0.39, 0.29) is 19.8 Å². The van der Waals surface area contributed by atoms with E-state index in [1.807, 2.05) is 0 Å². The summed E-state index contributed by atoms with van der Waals surface area (Å²) in [5.41, 5.74) is 1.86. The van der Waals surface area contributed by atoms with Crippen LogP contribution in [0.1, 0.15) is 17.1 Å². The summed E-state index contributed by atoms with van der Waals surface area (Å²) in [7, 11) is 1.75. The summed E-state index contributed by atoms with van der Waals surface area (Å²) in [6.45, 7) is 3.64. The van der Waals surface area contributed by atoms with Crippen molar-refractivity contribution in [3.8, 4) is 0 Å². The molecule has 0 spiro atoms. The van der Waals surface area contributed by atoms with Crippen molar-refractivity contribution in [2.75, 3.05) is 18.5 Å². The second kappa shape index (κ2) is 8.45. The lowest BCUT2D eigenvalue weighted by molar-refractivity contribution is -0.136. The van der Waals surface area contributed by atoms with Gasteiger partial charge in [0.2, 0.25) is 0 Å². The van der Waals surface area contributed by atoms with Crippen LogP contribution in [0.3, 0.4) is 0 Å². The number of aliphatic hydroxyl groups is 1. The minimum atomic E-state index is -0.937. The van der Waals surface area contributed by atoms with E-state index in [2.05, 4.69) is 15.7 Å². The van der Waals surface area contributed by atoms with Crippen molar-refractivity contribution >= 4 is 17.5 Å². The first-order valence-corrected chi connectivity index (χ1v) is 7.76. The molecule has 9 heteroatoms.